The largest absolute Gasteiger partial charge is 0.478 e. The molecule has 0 bridgehead atoms. The number of amides is 2. The second kappa shape index (κ2) is 7.42. The van der Waals surface area contributed by atoms with Gasteiger partial charge in [-0.25, -0.2) is 9.59 Å². The van der Waals surface area contributed by atoms with Gasteiger partial charge in [-0.15, -0.1) is 0 Å². The van der Waals surface area contributed by atoms with Gasteiger partial charge in [0.1, 0.15) is 0 Å². The Kier molecular flexibility index (Phi) is 5.58. The van der Waals surface area contributed by atoms with Crippen molar-refractivity contribution in [2.75, 3.05) is 25.1 Å². The standard InChI is InChI=1S/C14H17BrN2O4/c15-10-3-4-11(13(18)19)12(7-10)17-14(20)16-5-6-21-8-9-1-2-9/h3-4,7,9H,1-2,5-6,8H2,(H,18,19)(H2,16,17,20). The van der Waals surface area contributed by atoms with Gasteiger partial charge in [-0.05, 0) is 37.0 Å². The first-order chi connectivity index (χ1) is 10.1. The summed E-state index contributed by atoms with van der Waals surface area (Å²) in [4.78, 5) is 22.8. The van der Waals surface area contributed by atoms with E-state index in [1.165, 1.54) is 18.9 Å². The first-order valence-corrected chi connectivity index (χ1v) is 7.51. The van der Waals surface area contributed by atoms with Crippen LogP contribution in [-0.4, -0.2) is 36.9 Å². The summed E-state index contributed by atoms with van der Waals surface area (Å²) in [5, 5.41) is 14.2. The van der Waals surface area contributed by atoms with Crippen molar-refractivity contribution in [3.8, 4) is 0 Å². The zero-order valence-corrected chi connectivity index (χ0v) is 13.0. The molecule has 3 N–H and O–H groups in total. The molecule has 1 aliphatic carbocycles. The third-order valence-corrected chi connectivity index (χ3v) is 3.54. The van der Waals surface area contributed by atoms with E-state index in [2.05, 4.69) is 26.6 Å². The molecule has 114 valence electrons. The zero-order valence-electron chi connectivity index (χ0n) is 11.4. The molecule has 1 aromatic carbocycles. The minimum absolute atomic E-state index is 0.0401. The average Bonchev–Trinajstić information content (AvgIpc) is 3.22. The van der Waals surface area contributed by atoms with Crippen molar-refractivity contribution in [1.29, 1.82) is 0 Å². The number of hydrogen-bond donors (Lipinski definition) is 3. The number of urea groups is 1. The van der Waals surface area contributed by atoms with Crippen LogP contribution in [0.4, 0.5) is 10.5 Å². The summed E-state index contributed by atoms with van der Waals surface area (Å²) in [6, 6.07) is 4.14. The van der Waals surface area contributed by atoms with Crippen LogP contribution in [0.1, 0.15) is 23.2 Å². The molecular weight excluding hydrogens is 340 g/mol. The van der Waals surface area contributed by atoms with Gasteiger partial charge in [0.15, 0.2) is 0 Å². The molecule has 0 aliphatic heterocycles. The van der Waals surface area contributed by atoms with Gasteiger partial charge in [0.2, 0.25) is 0 Å². The van der Waals surface area contributed by atoms with Crippen molar-refractivity contribution in [2.24, 2.45) is 5.92 Å². The van der Waals surface area contributed by atoms with E-state index in [1.54, 1.807) is 12.1 Å². The smallest absolute Gasteiger partial charge is 0.337 e. The van der Waals surface area contributed by atoms with E-state index in [9.17, 15) is 9.59 Å². The summed E-state index contributed by atoms with van der Waals surface area (Å²) in [5.41, 5.74) is 0.284. The maximum Gasteiger partial charge on any atom is 0.337 e. The van der Waals surface area contributed by atoms with E-state index >= 15 is 0 Å². The summed E-state index contributed by atoms with van der Waals surface area (Å²) in [6.45, 7) is 1.58. The minimum Gasteiger partial charge on any atom is -0.478 e. The number of carbonyl (C=O) groups is 2. The van der Waals surface area contributed by atoms with Crippen molar-refractivity contribution in [3.05, 3.63) is 28.2 Å². The SMILES string of the molecule is O=C(NCCOCC1CC1)Nc1cc(Br)ccc1C(=O)O. The highest BCUT2D eigenvalue weighted by molar-refractivity contribution is 9.10. The number of carboxylic acid groups (broad SMARTS) is 1. The van der Waals surface area contributed by atoms with Crippen LogP contribution in [-0.2, 0) is 4.74 Å². The maximum atomic E-state index is 11.7. The molecule has 0 spiro atoms. The Bertz CT molecular complexity index is 532. The molecule has 0 atom stereocenters. The third-order valence-electron chi connectivity index (χ3n) is 3.04. The number of carbonyl (C=O) groups excluding carboxylic acids is 1. The molecule has 0 unspecified atom stereocenters. The second-order valence-electron chi connectivity index (χ2n) is 4.89. The average molecular weight is 357 g/mol. The van der Waals surface area contributed by atoms with E-state index in [4.69, 9.17) is 9.84 Å². The molecule has 0 heterocycles. The van der Waals surface area contributed by atoms with Crippen LogP contribution in [0.15, 0.2) is 22.7 Å². The molecule has 1 fully saturated rings. The van der Waals surface area contributed by atoms with E-state index in [1.807, 2.05) is 0 Å². The number of rotatable bonds is 7. The molecule has 1 saturated carbocycles. The first kappa shape index (κ1) is 15.8. The van der Waals surface area contributed by atoms with E-state index in [-0.39, 0.29) is 11.3 Å². The third kappa shape index (κ3) is 5.35. The summed E-state index contributed by atoms with van der Waals surface area (Å²) < 4.78 is 6.09. The van der Waals surface area contributed by atoms with Gasteiger partial charge in [-0.3, -0.25) is 0 Å². The van der Waals surface area contributed by atoms with Gasteiger partial charge in [0, 0.05) is 17.6 Å². The lowest BCUT2D eigenvalue weighted by Crippen LogP contribution is -2.32. The zero-order chi connectivity index (χ0) is 15.2. The van der Waals surface area contributed by atoms with Crippen LogP contribution in [0.3, 0.4) is 0 Å². The quantitative estimate of drug-likeness (QED) is 0.655. The van der Waals surface area contributed by atoms with Gasteiger partial charge >= 0.3 is 12.0 Å². The molecule has 7 heteroatoms. The van der Waals surface area contributed by atoms with Crippen molar-refractivity contribution < 1.29 is 19.4 Å². The van der Waals surface area contributed by atoms with Crippen LogP contribution in [0, 0.1) is 5.92 Å². The molecule has 1 aliphatic rings. The van der Waals surface area contributed by atoms with Crippen molar-refractivity contribution in [3.63, 3.8) is 0 Å². The Morgan fingerprint density at radius 2 is 2.14 bits per heavy atom. The summed E-state index contributed by atoms with van der Waals surface area (Å²) >= 11 is 3.24. The van der Waals surface area contributed by atoms with Crippen molar-refractivity contribution >= 4 is 33.6 Å². The monoisotopic (exact) mass is 356 g/mol. The second-order valence-corrected chi connectivity index (χ2v) is 5.81. The fourth-order valence-electron chi connectivity index (χ4n) is 1.74. The van der Waals surface area contributed by atoms with Gasteiger partial charge in [0.25, 0.3) is 0 Å². The molecule has 21 heavy (non-hydrogen) atoms. The minimum atomic E-state index is -1.09. The van der Waals surface area contributed by atoms with Gasteiger partial charge in [0.05, 0.1) is 17.9 Å². The first-order valence-electron chi connectivity index (χ1n) is 6.71. The van der Waals surface area contributed by atoms with Crippen molar-refractivity contribution in [2.45, 2.75) is 12.8 Å². The number of nitrogens with one attached hydrogen (secondary N) is 2. The molecule has 0 saturated heterocycles. The fourth-order valence-corrected chi connectivity index (χ4v) is 2.11. The van der Waals surface area contributed by atoms with Gasteiger partial charge in [-0.1, -0.05) is 15.9 Å². The number of anilines is 1. The highest BCUT2D eigenvalue weighted by Crippen LogP contribution is 2.28. The lowest BCUT2D eigenvalue weighted by molar-refractivity contribution is 0.0698. The topological polar surface area (TPSA) is 87.7 Å². The van der Waals surface area contributed by atoms with Crippen molar-refractivity contribution in [1.82, 2.24) is 5.32 Å². The maximum absolute atomic E-state index is 11.7. The Morgan fingerprint density at radius 1 is 1.38 bits per heavy atom. The fraction of sp³-hybridized carbons (Fsp3) is 0.429. The number of aromatic carboxylic acids is 1. The number of hydrogen-bond acceptors (Lipinski definition) is 3. The highest BCUT2D eigenvalue weighted by atomic mass is 79.9. The lowest BCUT2D eigenvalue weighted by Gasteiger charge is -2.10. The molecule has 2 rings (SSSR count). The number of carboxylic acids is 1. The van der Waals surface area contributed by atoms with Crippen LogP contribution >= 0.6 is 15.9 Å². The molecular formula is C14H17BrN2O4. The van der Waals surface area contributed by atoms with Crippen LogP contribution in [0.2, 0.25) is 0 Å². The van der Waals surface area contributed by atoms with Gasteiger partial charge in [-0.2, -0.15) is 0 Å². The predicted molar refractivity (Wildman–Crippen MR) is 81.7 cm³/mol. The highest BCUT2D eigenvalue weighted by Gasteiger charge is 2.20. The molecule has 6 nitrogen and oxygen atoms in total. The summed E-state index contributed by atoms with van der Waals surface area (Å²) in [5.74, 6) is -0.399. The Hall–Kier alpha value is -1.60. The lowest BCUT2D eigenvalue weighted by atomic mass is 10.2. The predicted octanol–water partition coefficient (Wildman–Crippen LogP) is 2.70. The number of ether oxygens (including phenoxy) is 1. The van der Waals surface area contributed by atoms with Gasteiger partial charge < -0.3 is 20.5 Å². The van der Waals surface area contributed by atoms with Crippen LogP contribution in [0.25, 0.3) is 0 Å². The molecule has 2 amide bonds. The van der Waals surface area contributed by atoms with E-state index < -0.39 is 12.0 Å². The van der Waals surface area contributed by atoms with E-state index in [0.29, 0.717) is 23.5 Å². The molecule has 0 aromatic heterocycles. The number of halogens is 1. The summed E-state index contributed by atoms with van der Waals surface area (Å²) in [7, 11) is 0. The van der Waals surface area contributed by atoms with Crippen LogP contribution in [0.5, 0.6) is 0 Å². The number of benzene rings is 1. The van der Waals surface area contributed by atoms with E-state index in [0.717, 1.165) is 6.61 Å². The molecule has 0 radical (unpaired) electrons. The molecule has 1 aromatic rings. The Morgan fingerprint density at radius 3 is 2.81 bits per heavy atom. The Labute approximate surface area is 131 Å². The van der Waals surface area contributed by atoms with Crippen LogP contribution < -0.4 is 10.6 Å². The normalized spacial score (nSPS) is 13.8. The Balaban J connectivity index is 1.78. The summed E-state index contributed by atoms with van der Waals surface area (Å²) in [6.07, 6.45) is 2.46.